The zero-order chi connectivity index (χ0) is 31.9. The van der Waals surface area contributed by atoms with Crippen molar-refractivity contribution in [1.29, 1.82) is 0 Å². The van der Waals surface area contributed by atoms with Crippen LogP contribution >= 0.6 is 11.6 Å². The number of fused-ring (bicyclic) bond motifs is 2. The molecule has 9 nitrogen and oxygen atoms in total. The van der Waals surface area contributed by atoms with E-state index in [2.05, 4.69) is 47.2 Å². The standard InChI is InChI=1S/C36H32ClN5O4/c1-20-26(5-3-7-28(20)35-41-31-15-22(19-43)14-29(37)33(31)46-35)27-6-4-8-30(21(27)2)40-34-32-24(9-11-38-34)13-23(16-39-32)17-42-12-10-25(18-42)36(44)45/h3-9,11,13-16,25,43H,10,12,17-19H2,1-2H3,(H,38,40)(H,44,45). The van der Waals surface area contributed by atoms with Gasteiger partial charge in [0.15, 0.2) is 11.4 Å². The number of carbonyl (C=O) groups is 1. The van der Waals surface area contributed by atoms with Crippen LogP contribution in [0, 0.1) is 19.8 Å². The number of aliphatic hydroxyl groups excluding tert-OH is 1. The number of benzene rings is 3. The Kier molecular flexibility index (Phi) is 7.90. The summed E-state index contributed by atoms with van der Waals surface area (Å²) < 4.78 is 6.11. The van der Waals surface area contributed by atoms with Crippen LogP contribution in [0.1, 0.15) is 28.7 Å². The molecule has 0 spiro atoms. The molecule has 0 amide bonds. The van der Waals surface area contributed by atoms with E-state index in [4.69, 9.17) is 26.0 Å². The maximum absolute atomic E-state index is 11.4. The number of carboxylic acids is 1. The first-order chi connectivity index (χ1) is 22.3. The highest BCUT2D eigenvalue weighted by molar-refractivity contribution is 6.34. The van der Waals surface area contributed by atoms with E-state index in [-0.39, 0.29) is 12.5 Å². The maximum atomic E-state index is 11.4. The summed E-state index contributed by atoms with van der Waals surface area (Å²) in [5.41, 5.74) is 9.51. The van der Waals surface area contributed by atoms with Crippen molar-refractivity contribution in [1.82, 2.24) is 19.9 Å². The quantitative estimate of drug-likeness (QED) is 0.156. The minimum absolute atomic E-state index is 0.128. The first kappa shape index (κ1) is 29.9. The van der Waals surface area contributed by atoms with Crippen LogP contribution in [0.4, 0.5) is 11.5 Å². The Labute approximate surface area is 270 Å². The van der Waals surface area contributed by atoms with Gasteiger partial charge in [-0.25, -0.2) is 9.97 Å². The number of nitrogens with one attached hydrogen (secondary N) is 1. The topological polar surface area (TPSA) is 125 Å². The normalized spacial score (nSPS) is 15.2. The molecule has 3 N–H and O–H groups in total. The molecule has 4 heterocycles. The zero-order valence-electron chi connectivity index (χ0n) is 25.4. The number of rotatable bonds is 8. The second-order valence-electron chi connectivity index (χ2n) is 11.8. The summed E-state index contributed by atoms with van der Waals surface area (Å²) in [6, 6.07) is 19.7. The first-order valence-electron chi connectivity index (χ1n) is 15.1. The summed E-state index contributed by atoms with van der Waals surface area (Å²) in [6.45, 7) is 6.00. The molecule has 1 fully saturated rings. The molecule has 0 bridgehead atoms. The van der Waals surface area contributed by atoms with E-state index in [1.165, 1.54) is 0 Å². The lowest BCUT2D eigenvalue weighted by molar-refractivity contribution is -0.141. The summed E-state index contributed by atoms with van der Waals surface area (Å²) in [5.74, 6) is 0.0953. The fourth-order valence-electron chi connectivity index (χ4n) is 6.32. The average Bonchev–Trinajstić information content (AvgIpc) is 3.70. The highest BCUT2D eigenvalue weighted by atomic mass is 35.5. The van der Waals surface area contributed by atoms with Gasteiger partial charge >= 0.3 is 5.97 Å². The SMILES string of the molecule is Cc1c(Nc2nccc3cc(CN4CCC(C(=O)O)C4)cnc23)cccc1-c1cccc(-c2nc3cc(CO)cc(Cl)c3o2)c1C. The van der Waals surface area contributed by atoms with E-state index < -0.39 is 5.97 Å². The van der Waals surface area contributed by atoms with E-state index in [0.717, 1.165) is 56.5 Å². The predicted octanol–water partition coefficient (Wildman–Crippen LogP) is 7.52. The van der Waals surface area contributed by atoms with Crippen molar-refractivity contribution in [3.63, 3.8) is 0 Å². The van der Waals surface area contributed by atoms with Crippen LogP contribution in [0.2, 0.25) is 5.02 Å². The number of pyridine rings is 2. The molecule has 3 aromatic carbocycles. The van der Waals surface area contributed by atoms with Crippen LogP contribution in [-0.4, -0.2) is 49.1 Å². The van der Waals surface area contributed by atoms with Crippen LogP contribution in [0.3, 0.4) is 0 Å². The molecular formula is C36H32ClN5O4. The van der Waals surface area contributed by atoms with E-state index in [1.54, 1.807) is 18.3 Å². The summed E-state index contributed by atoms with van der Waals surface area (Å²) in [6.07, 6.45) is 4.30. The van der Waals surface area contributed by atoms with Gasteiger partial charge in [0.05, 0.1) is 17.5 Å². The van der Waals surface area contributed by atoms with Gasteiger partial charge in [-0.1, -0.05) is 35.9 Å². The molecule has 1 atom stereocenters. The van der Waals surface area contributed by atoms with Gasteiger partial charge in [0, 0.05) is 42.1 Å². The molecule has 232 valence electrons. The summed E-state index contributed by atoms with van der Waals surface area (Å²) in [5, 5.41) is 23.8. The van der Waals surface area contributed by atoms with Gasteiger partial charge in [0.2, 0.25) is 5.89 Å². The van der Waals surface area contributed by atoms with Crippen molar-refractivity contribution in [2.45, 2.75) is 33.4 Å². The number of carboxylic acid groups (broad SMARTS) is 1. The number of aromatic nitrogens is 3. The van der Waals surface area contributed by atoms with E-state index in [1.807, 2.05) is 36.5 Å². The third-order valence-electron chi connectivity index (χ3n) is 8.81. The van der Waals surface area contributed by atoms with Crippen LogP contribution in [-0.2, 0) is 17.9 Å². The average molecular weight is 634 g/mol. The second kappa shape index (κ2) is 12.2. The second-order valence-corrected chi connectivity index (χ2v) is 12.2. The maximum Gasteiger partial charge on any atom is 0.307 e. The van der Waals surface area contributed by atoms with Crippen molar-refractivity contribution >= 4 is 51.1 Å². The molecule has 10 heteroatoms. The van der Waals surface area contributed by atoms with Crippen LogP contribution < -0.4 is 5.32 Å². The zero-order valence-corrected chi connectivity index (χ0v) is 26.2. The van der Waals surface area contributed by atoms with Gasteiger partial charge in [0.25, 0.3) is 0 Å². The Morgan fingerprint density at radius 1 is 1.02 bits per heavy atom. The van der Waals surface area contributed by atoms with Gasteiger partial charge in [0.1, 0.15) is 11.0 Å². The molecule has 1 saturated heterocycles. The fraction of sp³-hybridized carbons (Fsp3) is 0.222. The van der Waals surface area contributed by atoms with Crippen molar-refractivity contribution in [3.05, 3.63) is 100 Å². The highest BCUT2D eigenvalue weighted by Gasteiger charge is 2.28. The van der Waals surface area contributed by atoms with Crippen LogP contribution in [0.15, 0.2) is 77.5 Å². The molecule has 1 aliphatic rings. The Balaban J connectivity index is 1.17. The van der Waals surface area contributed by atoms with Gasteiger partial charge in [-0.2, -0.15) is 0 Å². The van der Waals surface area contributed by atoms with Gasteiger partial charge in [-0.15, -0.1) is 0 Å². The summed E-state index contributed by atoms with van der Waals surface area (Å²) >= 11 is 6.42. The monoisotopic (exact) mass is 633 g/mol. The third kappa shape index (κ3) is 5.58. The Hall–Kier alpha value is -4.83. The number of halogens is 1. The highest BCUT2D eigenvalue weighted by Crippen LogP contribution is 2.38. The minimum atomic E-state index is -0.727. The van der Waals surface area contributed by atoms with Crippen molar-refractivity contribution in [3.8, 4) is 22.6 Å². The van der Waals surface area contributed by atoms with Crippen molar-refractivity contribution in [2.24, 2.45) is 5.92 Å². The number of oxazole rings is 1. The number of nitrogens with zero attached hydrogens (tertiary/aromatic N) is 4. The van der Waals surface area contributed by atoms with E-state index in [0.29, 0.717) is 52.9 Å². The summed E-state index contributed by atoms with van der Waals surface area (Å²) in [7, 11) is 0. The molecule has 7 rings (SSSR count). The van der Waals surface area contributed by atoms with E-state index in [9.17, 15) is 15.0 Å². The van der Waals surface area contributed by atoms with Crippen LogP contribution in [0.25, 0.3) is 44.6 Å². The Bertz CT molecular complexity index is 2130. The largest absolute Gasteiger partial charge is 0.481 e. The molecule has 3 aromatic heterocycles. The number of likely N-dealkylation sites (tertiary alicyclic amines) is 1. The molecule has 0 aliphatic carbocycles. The van der Waals surface area contributed by atoms with Gasteiger partial charge in [-0.3, -0.25) is 14.7 Å². The molecule has 1 unspecified atom stereocenters. The predicted molar refractivity (Wildman–Crippen MR) is 179 cm³/mol. The van der Waals surface area contributed by atoms with E-state index >= 15 is 0 Å². The summed E-state index contributed by atoms with van der Waals surface area (Å²) in [4.78, 5) is 27.6. The Morgan fingerprint density at radius 2 is 1.80 bits per heavy atom. The number of anilines is 2. The molecule has 6 aromatic rings. The number of aliphatic carboxylic acids is 1. The van der Waals surface area contributed by atoms with Gasteiger partial charge in [-0.05, 0) is 96.6 Å². The van der Waals surface area contributed by atoms with Crippen molar-refractivity contribution in [2.75, 3.05) is 18.4 Å². The molecule has 0 radical (unpaired) electrons. The molecule has 1 aliphatic heterocycles. The van der Waals surface area contributed by atoms with Crippen molar-refractivity contribution < 1.29 is 19.4 Å². The minimum Gasteiger partial charge on any atom is -0.481 e. The van der Waals surface area contributed by atoms with Crippen LogP contribution in [0.5, 0.6) is 0 Å². The molecule has 46 heavy (non-hydrogen) atoms. The smallest absolute Gasteiger partial charge is 0.307 e. The number of hydrogen-bond acceptors (Lipinski definition) is 8. The van der Waals surface area contributed by atoms with Gasteiger partial charge < -0.3 is 19.9 Å². The third-order valence-corrected chi connectivity index (χ3v) is 9.09. The lowest BCUT2D eigenvalue weighted by Gasteiger charge is -2.17. The molecular weight excluding hydrogens is 602 g/mol. The number of hydrogen-bond donors (Lipinski definition) is 3. The lowest BCUT2D eigenvalue weighted by Crippen LogP contribution is -2.22. The fourth-order valence-corrected chi connectivity index (χ4v) is 6.60. The molecule has 0 saturated carbocycles. The Morgan fingerprint density at radius 3 is 2.59 bits per heavy atom. The first-order valence-corrected chi connectivity index (χ1v) is 15.5. The lowest BCUT2D eigenvalue weighted by atomic mass is 9.93. The number of aliphatic hydroxyl groups is 1.